The largest absolute Gasteiger partial charge is 0.508 e. The fraction of sp³-hybridized carbons (Fsp3) is 0.250. The number of phenols is 1. The third-order valence-corrected chi connectivity index (χ3v) is 5.24. The van der Waals surface area contributed by atoms with E-state index in [0.29, 0.717) is 11.3 Å². The van der Waals surface area contributed by atoms with Gasteiger partial charge in [0.15, 0.2) is 0 Å². The van der Waals surface area contributed by atoms with E-state index >= 15 is 0 Å². The molecule has 0 saturated carbocycles. The molecule has 3 atom stereocenters. The molecule has 1 heterocycles. The molecule has 10 heteroatoms. The van der Waals surface area contributed by atoms with Crippen LogP contribution < -0.4 is 16.4 Å². The summed E-state index contributed by atoms with van der Waals surface area (Å²) in [6, 6.07) is 12.1. The summed E-state index contributed by atoms with van der Waals surface area (Å²) >= 11 is 0. The fourth-order valence-corrected chi connectivity index (χ4v) is 3.41. The minimum atomic E-state index is -1.24. The highest BCUT2D eigenvalue weighted by molar-refractivity contribution is 5.92. The number of aromatic amines is 1. The topological polar surface area (TPSA) is 170 Å². The highest BCUT2D eigenvalue weighted by Gasteiger charge is 2.28. The van der Waals surface area contributed by atoms with Gasteiger partial charge in [-0.1, -0.05) is 42.5 Å². The number of nitrogens with zero attached hydrogens (tertiary/aromatic N) is 1. The van der Waals surface area contributed by atoms with Gasteiger partial charge in [0, 0.05) is 24.7 Å². The summed E-state index contributed by atoms with van der Waals surface area (Å²) in [6.45, 7) is 0. The zero-order chi connectivity index (χ0) is 24.5. The molecular weight excluding hydrogens is 438 g/mol. The van der Waals surface area contributed by atoms with Gasteiger partial charge < -0.3 is 31.6 Å². The maximum atomic E-state index is 13.0. The number of carbonyl (C=O) groups is 3. The van der Waals surface area contributed by atoms with E-state index < -0.39 is 35.9 Å². The lowest BCUT2D eigenvalue weighted by molar-refractivity contribution is -0.142. The van der Waals surface area contributed by atoms with Crippen LogP contribution in [0.5, 0.6) is 5.75 Å². The van der Waals surface area contributed by atoms with Gasteiger partial charge in [-0.05, 0) is 29.7 Å². The van der Waals surface area contributed by atoms with Crippen molar-refractivity contribution in [1.82, 2.24) is 20.6 Å². The number of carboxylic acids is 1. The number of hydrogen-bond donors (Lipinski definition) is 6. The standard InChI is InChI=1S/C24H27N5O5/c25-19(10-15-4-2-1-3-5-15)22(31)28-20(12-17-13-26-14-27-17)23(32)29-21(24(33)34)11-16-6-8-18(30)9-7-16/h1-9,13-14,19-21,30H,10-12,25H2,(H,26,27)(H,28,31)(H,29,32)(H,33,34). The van der Waals surface area contributed by atoms with E-state index in [1.165, 1.54) is 24.7 Å². The van der Waals surface area contributed by atoms with Crippen molar-refractivity contribution in [3.05, 3.63) is 83.9 Å². The Morgan fingerprint density at radius 3 is 2.15 bits per heavy atom. The van der Waals surface area contributed by atoms with Crippen LogP contribution in [0, 0.1) is 0 Å². The van der Waals surface area contributed by atoms with E-state index in [0.717, 1.165) is 5.56 Å². The van der Waals surface area contributed by atoms with Crippen molar-refractivity contribution in [2.75, 3.05) is 0 Å². The van der Waals surface area contributed by atoms with Gasteiger partial charge in [-0.25, -0.2) is 9.78 Å². The molecule has 3 aromatic rings. The van der Waals surface area contributed by atoms with Crippen molar-refractivity contribution in [2.45, 2.75) is 37.4 Å². The Balaban J connectivity index is 1.70. The Bertz CT molecular complexity index is 1090. The van der Waals surface area contributed by atoms with Gasteiger partial charge in [-0.2, -0.15) is 0 Å². The van der Waals surface area contributed by atoms with Gasteiger partial charge >= 0.3 is 5.97 Å². The van der Waals surface area contributed by atoms with Crippen LogP contribution in [0.2, 0.25) is 0 Å². The number of nitrogens with two attached hydrogens (primary N) is 1. The number of carbonyl (C=O) groups excluding carboxylic acids is 2. The molecular formula is C24H27N5O5. The molecule has 0 bridgehead atoms. The van der Waals surface area contributed by atoms with Gasteiger partial charge in [0.1, 0.15) is 17.8 Å². The molecule has 34 heavy (non-hydrogen) atoms. The van der Waals surface area contributed by atoms with Crippen LogP contribution in [0.3, 0.4) is 0 Å². The molecule has 178 valence electrons. The van der Waals surface area contributed by atoms with E-state index in [2.05, 4.69) is 20.6 Å². The van der Waals surface area contributed by atoms with Gasteiger partial charge in [0.25, 0.3) is 0 Å². The number of aromatic nitrogens is 2. The average Bonchev–Trinajstić information content (AvgIpc) is 3.33. The normalized spacial score (nSPS) is 13.4. The minimum Gasteiger partial charge on any atom is -0.508 e. The number of imidazole rings is 1. The predicted molar refractivity (Wildman–Crippen MR) is 124 cm³/mol. The number of phenolic OH excluding ortho intramolecular Hbond substituents is 1. The Hall–Kier alpha value is -4.18. The maximum absolute atomic E-state index is 13.0. The lowest BCUT2D eigenvalue weighted by Crippen LogP contribution is -2.56. The first kappa shape index (κ1) is 24.5. The van der Waals surface area contributed by atoms with Crippen LogP contribution >= 0.6 is 0 Å². The van der Waals surface area contributed by atoms with Crippen molar-refractivity contribution >= 4 is 17.8 Å². The van der Waals surface area contributed by atoms with E-state index in [9.17, 15) is 24.6 Å². The number of aromatic hydroxyl groups is 1. The molecule has 3 rings (SSSR count). The van der Waals surface area contributed by atoms with Crippen LogP contribution in [0.4, 0.5) is 0 Å². The maximum Gasteiger partial charge on any atom is 0.326 e. The molecule has 0 aliphatic carbocycles. The number of H-pyrrole nitrogens is 1. The number of aliphatic carboxylic acids is 1. The molecule has 10 nitrogen and oxygen atoms in total. The third-order valence-electron chi connectivity index (χ3n) is 5.24. The second-order valence-corrected chi connectivity index (χ2v) is 7.91. The van der Waals surface area contributed by atoms with Crippen LogP contribution in [0.1, 0.15) is 16.8 Å². The summed E-state index contributed by atoms with van der Waals surface area (Å²) in [5.74, 6) is -2.38. The molecule has 0 spiro atoms. The highest BCUT2D eigenvalue weighted by Crippen LogP contribution is 2.12. The quantitative estimate of drug-likeness (QED) is 0.240. The lowest BCUT2D eigenvalue weighted by Gasteiger charge is -2.23. The minimum absolute atomic E-state index is 0.000398. The van der Waals surface area contributed by atoms with Crippen LogP contribution in [0.25, 0.3) is 0 Å². The van der Waals surface area contributed by atoms with Gasteiger partial charge in [-0.15, -0.1) is 0 Å². The summed E-state index contributed by atoms with van der Waals surface area (Å²) in [6.07, 6.45) is 3.31. The predicted octanol–water partition coefficient (Wildman–Crippen LogP) is 0.525. The third kappa shape index (κ3) is 7.17. The molecule has 0 aliphatic heterocycles. The molecule has 2 amide bonds. The summed E-state index contributed by atoms with van der Waals surface area (Å²) in [5, 5.41) is 24.2. The number of benzene rings is 2. The summed E-state index contributed by atoms with van der Waals surface area (Å²) in [5.41, 5.74) is 8.13. The Morgan fingerprint density at radius 2 is 1.53 bits per heavy atom. The Morgan fingerprint density at radius 1 is 0.882 bits per heavy atom. The summed E-state index contributed by atoms with van der Waals surface area (Å²) in [7, 11) is 0. The molecule has 0 saturated heterocycles. The first-order valence-electron chi connectivity index (χ1n) is 10.7. The average molecular weight is 466 g/mol. The second kappa shape index (κ2) is 11.6. The van der Waals surface area contributed by atoms with E-state index in [-0.39, 0.29) is 25.0 Å². The number of hydrogen-bond acceptors (Lipinski definition) is 6. The SMILES string of the molecule is NC(Cc1ccccc1)C(=O)NC(Cc1cnc[nH]1)C(=O)NC(Cc1ccc(O)cc1)C(=O)O. The van der Waals surface area contributed by atoms with Gasteiger partial charge in [0.05, 0.1) is 12.4 Å². The number of carboxylic acid groups (broad SMARTS) is 1. The number of nitrogens with one attached hydrogen (secondary N) is 3. The highest BCUT2D eigenvalue weighted by atomic mass is 16.4. The molecule has 0 fully saturated rings. The van der Waals surface area contributed by atoms with E-state index in [1.54, 1.807) is 12.1 Å². The van der Waals surface area contributed by atoms with Crippen LogP contribution in [-0.4, -0.2) is 56.1 Å². The van der Waals surface area contributed by atoms with Crippen molar-refractivity contribution in [3.8, 4) is 5.75 Å². The second-order valence-electron chi connectivity index (χ2n) is 7.91. The van der Waals surface area contributed by atoms with Crippen LogP contribution in [-0.2, 0) is 33.6 Å². The number of amides is 2. The van der Waals surface area contributed by atoms with Gasteiger partial charge in [0.2, 0.25) is 11.8 Å². The first-order valence-corrected chi connectivity index (χ1v) is 10.7. The molecule has 7 N–H and O–H groups in total. The van der Waals surface area contributed by atoms with Crippen molar-refractivity contribution < 1.29 is 24.6 Å². The molecule has 0 aliphatic rings. The summed E-state index contributed by atoms with van der Waals surface area (Å²) < 4.78 is 0. The molecule has 3 unspecified atom stereocenters. The zero-order valence-electron chi connectivity index (χ0n) is 18.3. The van der Waals surface area contributed by atoms with E-state index in [4.69, 9.17) is 5.73 Å². The molecule has 0 radical (unpaired) electrons. The first-order chi connectivity index (χ1) is 16.3. The van der Waals surface area contributed by atoms with Crippen molar-refractivity contribution in [3.63, 3.8) is 0 Å². The Kier molecular flexibility index (Phi) is 8.36. The monoisotopic (exact) mass is 465 g/mol. The van der Waals surface area contributed by atoms with Crippen LogP contribution in [0.15, 0.2) is 67.1 Å². The van der Waals surface area contributed by atoms with Gasteiger partial charge in [-0.3, -0.25) is 9.59 Å². The zero-order valence-corrected chi connectivity index (χ0v) is 18.3. The molecule has 1 aromatic heterocycles. The van der Waals surface area contributed by atoms with Crippen molar-refractivity contribution in [2.24, 2.45) is 5.73 Å². The van der Waals surface area contributed by atoms with E-state index in [1.807, 2.05) is 30.3 Å². The lowest BCUT2D eigenvalue weighted by atomic mass is 10.0. The smallest absolute Gasteiger partial charge is 0.326 e. The van der Waals surface area contributed by atoms with Crippen molar-refractivity contribution in [1.29, 1.82) is 0 Å². The Labute approximate surface area is 196 Å². The molecule has 2 aromatic carbocycles. The fourth-order valence-electron chi connectivity index (χ4n) is 3.41. The number of rotatable bonds is 11. The summed E-state index contributed by atoms with van der Waals surface area (Å²) in [4.78, 5) is 44.4.